The summed E-state index contributed by atoms with van der Waals surface area (Å²) in [7, 11) is 0. The number of carbonyl (C=O) groups is 2. The van der Waals surface area contributed by atoms with Crippen LogP contribution in [0.15, 0.2) is 39.5 Å². The molecule has 0 unspecified atom stereocenters. The Morgan fingerprint density at radius 2 is 1.54 bits per heavy atom. The van der Waals surface area contributed by atoms with E-state index in [0.29, 0.717) is 21.9 Å². The summed E-state index contributed by atoms with van der Waals surface area (Å²) in [5, 5.41) is 1.14. The van der Waals surface area contributed by atoms with Crippen molar-refractivity contribution in [1.82, 2.24) is 0 Å². The van der Waals surface area contributed by atoms with E-state index in [1.807, 2.05) is 0 Å². The predicted molar refractivity (Wildman–Crippen MR) is 106 cm³/mol. The van der Waals surface area contributed by atoms with Crippen LogP contribution in [0.5, 0.6) is 0 Å². The lowest BCUT2D eigenvalue weighted by Gasteiger charge is -2.17. The summed E-state index contributed by atoms with van der Waals surface area (Å²) >= 11 is 0. The average Bonchev–Trinajstić information content (AvgIpc) is 2.59. The summed E-state index contributed by atoms with van der Waals surface area (Å²) in [5.41, 5.74) is 0.437. The lowest BCUT2D eigenvalue weighted by atomic mass is 9.93. The summed E-state index contributed by atoms with van der Waals surface area (Å²) in [4.78, 5) is 38.1. The number of hydrogen-bond acceptors (Lipinski definition) is 6. The van der Waals surface area contributed by atoms with Crippen LogP contribution in [0.2, 0.25) is 0 Å². The zero-order chi connectivity index (χ0) is 20.6. The van der Waals surface area contributed by atoms with Gasteiger partial charge in [0.1, 0.15) is 5.58 Å². The van der Waals surface area contributed by atoms with Gasteiger partial charge >= 0.3 is 17.6 Å². The van der Waals surface area contributed by atoms with E-state index in [4.69, 9.17) is 13.9 Å². The van der Waals surface area contributed by atoms with Crippen LogP contribution in [0.3, 0.4) is 0 Å². The molecule has 0 N–H and O–H groups in total. The number of rotatable bonds is 4. The van der Waals surface area contributed by atoms with E-state index < -0.39 is 17.6 Å². The monoisotopic (exact) mass is 382 g/mol. The van der Waals surface area contributed by atoms with E-state index in [1.165, 1.54) is 6.07 Å². The van der Waals surface area contributed by atoms with Gasteiger partial charge in [-0.1, -0.05) is 18.2 Å². The molecule has 0 radical (unpaired) electrons. The van der Waals surface area contributed by atoms with Gasteiger partial charge in [0, 0.05) is 10.8 Å². The quantitative estimate of drug-likeness (QED) is 0.378. The molecule has 146 valence electrons. The van der Waals surface area contributed by atoms with Gasteiger partial charge in [-0.05, 0) is 52.3 Å². The second-order valence-electron chi connectivity index (χ2n) is 7.14. The highest BCUT2D eigenvalue weighted by Crippen LogP contribution is 2.31. The van der Waals surface area contributed by atoms with E-state index in [0.717, 1.165) is 0 Å². The predicted octanol–water partition coefficient (Wildman–Crippen LogP) is 4.39. The van der Waals surface area contributed by atoms with Gasteiger partial charge in [-0.2, -0.15) is 0 Å². The highest BCUT2D eigenvalue weighted by Gasteiger charge is 2.26. The Bertz CT molecular complexity index is 1140. The van der Waals surface area contributed by atoms with Gasteiger partial charge in [-0.3, -0.25) is 0 Å². The molecule has 3 rings (SSSR count). The average molecular weight is 382 g/mol. The smallest absolute Gasteiger partial charge is 0.344 e. The molecular formula is C22H22O6. The molecule has 6 heteroatoms. The second-order valence-corrected chi connectivity index (χ2v) is 7.14. The molecule has 0 aliphatic rings. The zero-order valence-corrected chi connectivity index (χ0v) is 16.5. The van der Waals surface area contributed by atoms with Gasteiger partial charge in [-0.15, -0.1) is 0 Å². The topological polar surface area (TPSA) is 82.8 Å². The van der Waals surface area contributed by atoms with E-state index >= 15 is 0 Å². The third kappa shape index (κ3) is 3.50. The van der Waals surface area contributed by atoms with Crippen LogP contribution in [0.25, 0.3) is 21.7 Å². The van der Waals surface area contributed by atoms with Crippen LogP contribution in [-0.4, -0.2) is 24.1 Å². The molecule has 0 spiro atoms. The van der Waals surface area contributed by atoms with Crippen molar-refractivity contribution in [2.45, 2.75) is 46.8 Å². The highest BCUT2D eigenvalue weighted by atomic mass is 16.5. The molecule has 0 saturated heterocycles. The van der Waals surface area contributed by atoms with Crippen molar-refractivity contribution >= 4 is 33.7 Å². The summed E-state index contributed by atoms with van der Waals surface area (Å²) in [6, 6.07) is 8.38. The molecule has 0 saturated carbocycles. The fourth-order valence-electron chi connectivity index (χ4n) is 3.16. The van der Waals surface area contributed by atoms with Gasteiger partial charge in [0.15, 0.2) is 0 Å². The fraction of sp³-hybridized carbons (Fsp3) is 0.318. The molecule has 0 aliphatic heterocycles. The van der Waals surface area contributed by atoms with Gasteiger partial charge in [0.2, 0.25) is 0 Å². The maximum Gasteiger partial charge on any atom is 0.344 e. The summed E-state index contributed by atoms with van der Waals surface area (Å²) < 4.78 is 16.1. The maximum atomic E-state index is 12.9. The number of para-hydroxylation sites is 1. The minimum atomic E-state index is -0.633. The third-order valence-corrected chi connectivity index (χ3v) is 4.28. The van der Waals surface area contributed by atoms with Crippen LogP contribution in [0.4, 0.5) is 0 Å². The molecule has 3 aromatic rings. The number of benzene rings is 2. The van der Waals surface area contributed by atoms with Crippen LogP contribution < -0.4 is 5.63 Å². The number of esters is 2. The van der Waals surface area contributed by atoms with Crippen molar-refractivity contribution in [2.24, 2.45) is 0 Å². The van der Waals surface area contributed by atoms with E-state index in [2.05, 4.69) is 0 Å². The molecule has 0 amide bonds. The van der Waals surface area contributed by atoms with E-state index in [-0.39, 0.29) is 28.7 Å². The van der Waals surface area contributed by atoms with Gasteiger partial charge < -0.3 is 13.9 Å². The second kappa shape index (κ2) is 7.46. The molecule has 0 atom stereocenters. The molecule has 1 aromatic heterocycles. The Balaban J connectivity index is 2.45. The SMILES string of the molecule is Cc1c(C(=O)OC(C)C)cc2c(=O)oc3ccccc3c2c1C(=O)OC(C)C. The van der Waals surface area contributed by atoms with Crippen molar-refractivity contribution in [1.29, 1.82) is 0 Å². The van der Waals surface area contributed by atoms with Gasteiger partial charge in [-0.25, -0.2) is 14.4 Å². The van der Waals surface area contributed by atoms with Crippen LogP contribution in [0, 0.1) is 6.92 Å². The molecule has 1 heterocycles. The minimum Gasteiger partial charge on any atom is -0.459 e. The summed E-state index contributed by atoms with van der Waals surface area (Å²) in [6.45, 7) is 8.57. The Kier molecular flexibility index (Phi) is 5.23. The van der Waals surface area contributed by atoms with Crippen LogP contribution in [-0.2, 0) is 9.47 Å². The molecule has 0 fully saturated rings. The molecule has 28 heavy (non-hydrogen) atoms. The summed E-state index contributed by atoms with van der Waals surface area (Å²) in [6.07, 6.45) is -0.707. The van der Waals surface area contributed by atoms with Crippen LogP contribution in [0.1, 0.15) is 54.0 Å². The largest absolute Gasteiger partial charge is 0.459 e. The Morgan fingerprint density at radius 3 is 2.18 bits per heavy atom. The Labute approximate surface area is 162 Å². The van der Waals surface area contributed by atoms with Crippen molar-refractivity contribution in [3.63, 3.8) is 0 Å². The minimum absolute atomic E-state index is 0.135. The maximum absolute atomic E-state index is 12.9. The highest BCUT2D eigenvalue weighted by molar-refractivity contribution is 6.17. The molecule has 6 nitrogen and oxygen atoms in total. The summed E-state index contributed by atoms with van der Waals surface area (Å²) in [5.74, 6) is -1.21. The first kappa shape index (κ1) is 19.6. The Hall–Kier alpha value is -3.15. The number of fused-ring (bicyclic) bond motifs is 3. The lowest BCUT2D eigenvalue weighted by molar-refractivity contribution is 0.0377. The molecule has 0 bridgehead atoms. The van der Waals surface area contributed by atoms with Crippen molar-refractivity contribution in [2.75, 3.05) is 0 Å². The van der Waals surface area contributed by atoms with Crippen LogP contribution >= 0.6 is 0 Å². The van der Waals surface area contributed by atoms with Gasteiger partial charge in [0.25, 0.3) is 0 Å². The van der Waals surface area contributed by atoms with Crippen molar-refractivity contribution in [3.05, 3.63) is 57.4 Å². The Morgan fingerprint density at radius 1 is 0.929 bits per heavy atom. The number of carbonyl (C=O) groups excluding carboxylic acids is 2. The van der Waals surface area contributed by atoms with E-state index in [9.17, 15) is 14.4 Å². The zero-order valence-electron chi connectivity index (χ0n) is 16.5. The first-order chi connectivity index (χ1) is 13.2. The van der Waals surface area contributed by atoms with Gasteiger partial charge in [0.05, 0.1) is 28.7 Å². The number of hydrogen-bond donors (Lipinski definition) is 0. The van der Waals surface area contributed by atoms with E-state index in [1.54, 1.807) is 58.9 Å². The van der Waals surface area contributed by atoms with Crippen molar-refractivity contribution in [3.8, 4) is 0 Å². The number of ether oxygens (including phenoxy) is 2. The van der Waals surface area contributed by atoms with Crippen molar-refractivity contribution < 1.29 is 23.5 Å². The third-order valence-electron chi connectivity index (χ3n) is 4.28. The molecular weight excluding hydrogens is 360 g/mol. The fourth-order valence-corrected chi connectivity index (χ4v) is 3.16. The standard InChI is InChI=1S/C22H22O6/c1-11(2)26-20(23)15-10-16-19(18(13(15)5)22(25)27-12(3)4)14-8-6-7-9-17(14)28-21(16)24/h6-12H,1-5H3. The normalized spacial score (nSPS) is 11.4. The first-order valence-electron chi connectivity index (χ1n) is 9.11. The lowest BCUT2D eigenvalue weighted by Crippen LogP contribution is -2.19. The first-order valence-corrected chi connectivity index (χ1v) is 9.11. The molecule has 2 aromatic carbocycles. The molecule has 0 aliphatic carbocycles.